The summed E-state index contributed by atoms with van der Waals surface area (Å²) >= 11 is 0. The molecule has 0 aromatic rings. The summed E-state index contributed by atoms with van der Waals surface area (Å²) in [7, 11) is 0. The first-order valence-corrected chi connectivity index (χ1v) is 51.4. The monoisotopic (exact) mass is 2050 g/mol. The fourth-order valence-electron chi connectivity index (χ4n) is 19.6. The lowest BCUT2D eigenvalue weighted by atomic mass is 9.86. The smallest absolute Gasteiger partial charge is 0.364 e. The molecule has 0 bridgehead atoms. The van der Waals surface area contributed by atoms with Gasteiger partial charge in [0, 0.05) is 58.8 Å². The second-order valence-corrected chi connectivity index (χ2v) is 39.2. The molecule has 0 aromatic carbocycles. The second-order valence-electron chi connectivity index (χ2n) is 39.2. The number of carbonyl (C=O) groups excluding carboxylic acids is 5. The van der Waals surface area contributed by atoms with Crippen molar-refractivity contribution >= 4 is 47.3 Å². The Morgan fingerprint density at radius 2 is 0.725 bits per heavy atom. The Kier molecular flexibility index (Phi) is 56.8. The number of Topliss-reactive ketones (excluding diaryl/α,β-unsaturated/α-hetero) is 1. The van der Waals surface area contributed by atoms with Crippen molar-refractivity contribution in [2.75, 3.05) is 46.2 Å². The molecule has 6 aliphatic heterocycles. The Balaban J connectivity index is 1.27. The highest BCUT2D eigenvalue weighted by molar-refractivity contribution is 5.79. The highest BCUT2D eigenvalue weighted by Crippen LogP contribution is 2.45. The van der Waals surface area contributed by atoms with Crippen LogP contribution in [0.5, 0.6) is 0 Å². The SMILES string of the molecule is CCCCCCCCCCCCCCCCCCCCCCCC(=O)N[C@@H](CO[C@@H]1O[C@H](CO)[C@@H](O[C@@H]2O[C@H](CO)[C@H](O[C@@H]3O[C@H](CO)[C@H](O)[C@H](O)[C@H]3CC(C)=O)[C@H](O[C@]3(C(=O)O)C[C@H](O)[C@@H](NC(C)=O)C([C@H](O)[C@@H](CO)O[C@]4(C(=O)O)C[C@H](O)[C@@H](NC(C)=O)C([C@H](O)[C@@H](CO)O[C@]5(C(=O)O)C[C@H](O)[C@@H](NC(C)=O)C([C@H](O)[C@H](O)CO)O5)O4)O3)[C@H]2O)[C@H](O)[C@H]1O)[C@H](O)CCCCCCCCCCCCCCC. The van der Waals surface area contributed by atoms with E-state index in [0.29, 0.717) is 12.8 Å². The van der Waals surface area contributed by atoms with Crippen molar-refractivity contribution in [3.05, 3.63) is 0 Å². The van der Waals surface area contributed by atoms with Crippen molar-refractivity contribution in [3.8, 4) is 0 Å². The fourth-order valence-corrected chi connectivity index (χ4v) is 19.6. The molecule has 3 unspecified atom stereocenters. The zero-order valence-corrected chi connectivity index (χ0v) is 83.2. The van der Waals surface area contributed by atoms with E-state index in [2.05, 4.69) is 35.1 Å². The first kappa shape index (κ1) is 125. The molecule has 4 amide bonds. The average Bonchev–Trinajstić information content (AvgIpc) is 0.741. The summed E-state index contributed by atoms with van der Waals surface area (Å²) < 4.78 is 72.2. The van der Waals surface area contributed by atoms with E-state index in [0.717, 1.165) is 98.3 Å². The van der Waals surface area contributed by atoms with Gasteiger partial charge >= 0.3 is 17.9 Å². The topological polar surface area (TPSA) is 741 Å². The number of hydrogen-bond acceptors (Lipinski definition) is 39. The summed E-state index contributed by atoms with van der Waals surface area (Å²) in [6, 6.07) is -7.20. The minimum absolute atomic E-state index is 0.108. The van der Waals surface area contributed by atoms with E-state index in [4.69, 9.17) is 56.8 Å². The van der Waals surface area contributed by atoms with Crippen molar-refractivity contribution in [2.45, 2.75) is 505 Å². The molecule has 26 N–H and O–H groups in total. The van der Waals surface area contributed by atoms with Gasteiger partial charge in [0.2, 0.25) is 23.6 Å². The van der Waals surface area contributed by atoms with E-state index in [1.807, 2.05) is 0 Å². The average molecular weight is 2050 g/mol. The largest absolute Gasteiger partial charge is 0.477 e. The van der Waals surface area contributed by atoms with Crippen LogP contribution in [0.25, 0.3) is 0 Å². The van der Waals surface area contributed by atoms with Gasteiger partial charge < -0.3 is 195 Å². The maximum atomic E-state index is 14.5. The zero-order chi connectivity index (χ0) is 105. The van der Waals surface area contributed by atoms with E-state index in [-0.39, 0.29) is 12.8 Å². The molecule has 0 spiro atoms. The van der Waals surface area contributed by atoms with Gasteiger partial charge in [-0.2, -0.15) is 0 Å². The van der Waals surface area contributed by atoms with Gasteiger partial charge in [0.25, 0.3) is 17.4 Å². The van der Waals surface area contributed by atoms with Gasteiger partial charge in [0.15, 0.2) is 18.9 Å². The number of ether oxygens (including phenoxy) is 12. The number of amides is 4. The first-order valence-electron chi connectivity index (χ1n) is 51.4. The first-order chi connectivity index (χ1) is 67.6. The molecule has 0 radical (unpaired) electrons. The van der Waals surface area contributed by atoms with Gasteiger partial charge in [-0.1, -0.05) is 226 Å². The fraction of sp³-hybridized carbons (Fsp3) is 0.917. The minimum Gasteiger partial charge on any atom is -0.477 e. The number of carboxylic acids is 3. The lowest BCUT2D eigenvalue weighted by Crippen LogP contribution is -2.72. The summed E-state index contributed by atoms with van der Waals surface area (Å²) in [5.41, 5.74) is 0. The van der Waals surface area contributed by atoms with Crippen LogP contribution in [-0.2, 0) is 95.2 Å². The minimum atomic E-state index is -3.70. The van der Waals surface area contributed by atoms with Crippen molar-refractivity contribution < 1.29 is 208 Å². The molecule has 46 nitrogen and oxygen atoms in total. The Morgan fingerprint density at radius 1 is 0.373 bits per heavy atom. The third-order valence-electron chi connectivity index (χ3n) is 27.6. The number of aliphatic hydroxyl groups is 19. The van der Waals surface area contributed by atoms with Gasteiger partial charge in [-0.3, -0.25) is 19.2 Å². The van der Waals surface area contributed by atoms with Crippen molar-refractivity contribution in [1.29, 1.82) is 0 Å². The number of unbranched alkanes of at least 4 members (excludes halogenated alkanes) is 32. The van der Waals surface area contributed by atoms with Crippen LogP contribution in [0.4, 0.5) is 0 Å². The van der Waals surface area contributed by atoms with Crippen LogP contribution in [0, 0.1) is 5.92 Å². The van der Waals surface area contributed by atoms with Gasteiger partial charge in [-0.15, -0.1) is 0 Å². The van der Waals surface area contributed by atoms with E-state index in [1.165, 1.54) is 135 Å². The summed E-state index contributed by atoms with van der Waals surface area (Å²) in [6.07, 6.45) is -27.4. The third-order valence-corrected chi connectivity index (χ3v) is 27.6. The van der Waals surface area contributed by atoms with Crippen LogP contribution in [0.1, 0.15) is 298 Å². The molecule has 6 rings (SSSR count). The molecule has 6 fully saturated rings. The lowest BCUT2D eigenvalue weighted by molar-refractivity contribution is -0.404. The summed E-state index contributed by atoms with van der Waals surface area (Å²) in [5, 5.41) is 262. The van der Waals surface area contributed by atoms with Crippen LogP contribution in [0.15, 0.2) is 0 Å². The van der Waals surface area contributed by atoms with E-state index >= 15 is 0 Å². The van der Waals surface area contributed by atoms with E-state index in [9.17, 15) is 151 Å². The lowest BCUT2D eigenvalue weighted by Gasteiger charge is -2.53. The standard InChI is InChI=1S/C96H170N4O42/c1-7-9-11-13-15-17-19-21-22-23-24-25-26-27-28-30-32-34-36-38-40-42-70(116)100-59(60(111)41-39-37-35-33-31-29-20-18-16-14-12-10-8-2)53-131-89-80(123)79(122)82(68(51-105)133-89)135-90-81(124)87(83(69(52-106)134-90)136-88-58(43-54(3)107)74(117)76(119)65(48-102)132-88)142-96(93(129)130)46-63(114)73(99-57(6)110)86(141-96)78(121)67(50-104)138-95(92(127)128)45-62(113)72(98-56(5)109)85(140-95)77(120)66(49-103)137-94(91(125)126)44-61(112)71(97-55(4)108)84(139-94)75(118)64(115)47-101/h58-69,71-90,101-106,111-115,117-124H,7-53H2,1-6H3,(H,97,108)(H,98,109)(H,99,110)(H,100,116)(H,125,126)(H,127,128)(H,129,130)/t58-,59+,60-,61+,62+,63+,64-,65-,66-,67-,68-,69-,71-,72-,73-,74-,75-,76+,77-,78-,79-,80-,81-,82-,83+,84?,85?,86?,87-,88+,89-,90+,94-,95-,96+/m1/s1. The number of ketones is 1. The highest BCUT2D eigenvalue weighted by Gasteiger charge is 2.65. The van der Waals surface area contributed by atoms with Crippen LogP contribution >= 0.6 is 0 Å². The summed E-state index contributed by atoms with van der Waals surface area (Å²) in [5.74, 6) is -23.5. The highest BCUT2D eigenvalue weighted by atomic mass is 16.8. The van der Waals surface area contributed by atoms with Crippen LogP contribution in [0.3, 0.4) is 0 Å². The number of aliphatic carboxylic acids is 3. The number of rotatable bonds is 71. The molecule has 0 aliphatic carbocycles. The normalized spacial score (nSPS) is 33.0. The zero-order valence-electron chi connectivity index (χ0n) is 83.2. The molecule has 6 aliphatic rings. The Hall–Kier alpha value is -5.28. The number of carbonyl (C=O) groups is 8. The molecular formula is C96H170N4O42. The van der Waals surface area contributed by atoms with E-state index < -0.39 is 332 Å². The molecule has 0 saturated carbocycles. The molecule has 142 heavy (non-hydrogen) atoms. The van der Waals surface area contributed by atoms with Gasteiger partial charge in [-0.25, -0.2) is 14.4 Å². The maximum Gasteiger partial charge on any atom is 0.364 e. The summed E-state index contributed by atoms with van der Waals surface area (Å²) in [6.45, 7) is -0.470. The number of hydrogen-bond donors (Lipinski definition) is 26. The van der Waals surface area contributed by atoms with Crippen molar-refractivity contribution in [3.63, 3.8) is 0 Å². The quantitative estimate of drug-likeness (QED) is 0.0329. The summed E-state index contributed by atoms with van der Waals surface area (Å²) in [4.78, 5) is 107. The van der Waals surface area contributed by atoms with Crippen LogP contribution in [-0.4, -0.2) is 413 Å². The third kappa shape index (κ3) is 37.7. The number of carboxylic acid groups (broad SMARTS) is 3. The molecule has 6 heterocycles. The Bertz CT molecular complexity index is 3630. The molecular weight excluding hydrogens is 1880 g/mol. The van der Waals surface area contributed by atoms with Crippen molar-refractivity contribution in [2.24, 2.45) is 5.92 Å². The van der Waals surface area contributed by atoms with Crippen LogP contribution < -0.4 is 21.3 Å². The molecule has 0 aromatic heterocycles. The molecule has 46 heteroatoms. The Morgan fingerprint density at radius 3 is 1.10 bits per heavy atom. The molecule has 6 saturated heterocycles. The number of nitrogens with one attached hydrogen (secondary N) is 4. The number of aliphatic hydroxyl groups excluding tert-OH is 19. The van der Waals surface area contributed by atoms with Gasteiger partial charge in [-0.05, 0) is 19.8 Å². The van der Waals surface area contributed by atoms with E-state index in [1.54, 1.807) is 0 Å². The predicted octanol–water partition coefficient (Wildman–Crippen LogP) is -0.864. The molecule has 35 atom stereocenters. The van der Waals surface area contributed by atoms with Crippen LogP contribution in [0.2, 0.25) is 0 Å². The molecule has 826 valence electrons. The second kappa shape index (κ2) is 64.3. The predicted molar refractivity (Wildman–Crippen MR) is 498 cm³/mol. The van der Waals surface area contributed by atoms with Gasteiger partial charge in [0.1, 0.15) is 122 Å². The maximum absolute atomic E-state index is 14.5. The van der Waals surface area contributed by atoms with Crippen molar-refractivity contribution in [1.82, 2.24) is 21.3 Å². The Labute approximate surface area is 830 Å². The van der Waals surface area contributed by atoms with Gasteiger partial charge in [0.05, 0.1) is 101 Å².